The second-order valence-electron chi connectivity index (χ2n) is 3.67. The largest absolute Gasteiger partial charge is 0.308 e. The summed E-state index contributed by atoms with van der Waals surface area (Å²) >= 11 is 5.92. The molecule has 1 aromatic heterocycles. The van der Waals surface area contributed by atoms with Gasteiger partial charge >= 0.3 is 0 Å². The van der Waals surface area contributed by atoms with Crippen molar-refractivity contribution in [2.45, 2.75) is 18.4 Å². The van der Waals surface area contributed by atoms with Crippen LogP contribution in [-0.4, -0.2) is 43.7 Å². The first-order valence-electron chi connectivity index (χ1n) is 4.55. The molecule has 0 aliphatic rings. The van der Waals surface area contributed by atoms with E-state index in [9.17, 15) is 8.42 Å². The number of hydrogen-bond donors (Lipinski definition) is 0. The van der Waals surface area contributed by atoms with Crippen molar-refractivity contribution in [3.05, 3.63) is 10.8 Å². The summed E-state index contributed by atoms with van der Waals surface area (Å²) in [5, 5.41) is 4.11. The van der Waals surface area contributed by atoms with Crippen LogP contribution in [0.5, 0.6) is 0 Å². The summed E-state index contributed by atoms with van der Waals surface area (Å²) in [6, 6.07) is 0. The van der Waals surface area contributed by atoms with Gasteiger partial charge in [0.05, 0.1) is 12.2 Å². The first-order chi connectivity index (χ1) is 7.23. The van der Waals surface area contributed by atoms with Crippen LogP contribution < -0.4 is 0 Å². The van der Waals surface area contributed by atoms with Gasteiger partial charge in [0, 0.05) is 17.2 Å². The fraction of sp³-hybridized carbons (Fsp3) is 0.625. The lowest BCUT2D eigenvalue weighted by atomic mass is 10.5. The molecule has 0 aliphatic carbocycles. The molecular formula is C8H13Cl2N3O2S. The van der Waals surface area contributed by atoms with Crippen molar-refractivity contribution in [3.8, 4) is 0 Å². The standard InChI is InChI=1S/C8H13Cl2N3O2S/c1-6-7(16(10,14)15)8(9)13(11-6)5-4-12(2)3/h4-5H2,1-3H3. The number of aryl methyl sites for hydroxylation is 1. The molecule has 0 aromatic carbocycles. The molecule has 0 fully saturated rings. The van der Waals surface area contributed by atoms with E-state index in [2.05, 4.69) is 5.10 Å². The molecule has 8 heteroatoms. The van der Waals surface area contributed by atoms with Crippen molar-refractivity contribution in [1.82, 2.24) is 14.7 Å². The summed E-state index contributed by atoms with van der Waals surface area (Å²) in [5.74, 6) is 0. The fourth-order valence-electron chi connectivity index (χ4n) is 1.26. The Hall–Kier alpha value is -0.300. The van der Waals surface area contributed by atoms with Crippen LogP contribution in [0.2, 0.25) is 5.15 Å². The van der Waals surface area contributed by atoms with Gasteiger partial charge in [-0.05, 0) is 21.0 Å². The molecule has 0 saturated carbocycles. The van der Waals surface area contributed by atoms with Crippen molar-refractivity contribution in [1.29, 1.82) is 0 Å². The Bertz CT molecular complexity index is 482. The van der Waals surface area contributed by atoms with Crippen molar-refractivity contribution in [2.24, 2.45) is 0 Å². The Balaban J connectivity index is 3.08. The topological polar surface area (TPSA) is 55.2 Å². The van der Waals surface area contributed by atoms with Crippen LogP contribution in [0.1, 0.15) is 5.69 Å². The normalized spacial score (nSPS) is 12.4. The molecule has 0 spiro atoms. The summed E-state index contributed by atoms with van der Waals surface area (Å²) in [7, 11) is 5.24. The SMILES string of the molecule is Cc1nn(CCN(C)C)c(Cl)c1S(=O)(=O)Cl. The Morgan fingerprint density at radius 2 is 2.00 bits per heavy atom. The minimum atomic E-state index is -3.84. The zero-order chi connectivity index (χ0) is 12.5. The van der Waals surface area contributed by atoms with E-state index >= 15 is 0 Å². The van der Waals surface area contributed by atoms with E-state index in [0.29, 0.717) is 18.8 Å². The Labute approximate surface area is 104 Å². The van der Waals surface area contributed by atoms with E-state index in [-0.39, 0.29) is 10.0 Å². The molecule has 0 saturated heterocycles. The van der Waals surface area contributed by atoms with Gasteiger partial charge in [-0.25, -0.2) is 8.42 Å². The molecule has 0 radical (unpaired) electrons. The van der Waals surface area contributed by atoms with E-state index in [1.165, 1.54) is 4.68 Å². The van der Waals surface area contributed by atoms with Crippen LogP contribution in [0.25, 0.3) is 0 Å². The summed E-state index contributed by atoms with van der Waals surface area (Å²) < 4.78 is 23.9. The van der Waals surface area contributed by atoms with E-state index in [1.54, 1.807) is 6.92 Å². The van der Waals surface area contributed by atoms with Gasteiger partial charge in [0.25, 0.3) is 9.05 Å². The van der Waals surface area contributed by atoms with Crippen LogP contribution in [0, 0.1) is 6.92 Å². The minimum Gasteiger partial charge on any atom is -0.308 e. The van der Waals surface area contributed by atoms with Gasteiger partial charge in [0.2, 0.25) is 0 Å². The monoisotopic (exact) mass is 285 g/mol. The van der Waals surface area contributed by atoms with E-state index < -0.39 is 9.05 Å². The maximum absolute atomic E-state index is 11.2. The van der Waals surface area contributed by atoms with Crippen molar-refractivity contribution < 1.29 is 8.42 Å². The number of hydrogen-bond acceptors (Lipinski definition) is 4. The Kier molecular flexibility index (Phi) is 4.23. The van der Waals surface area contributed by atoms with E-state index in [4.69, 9.17) is 22.3 Å². The van der Waals surface area contributed by atoms with Gasteiger partial charge < -0.3 is 4.90 Å². The van der Waals surface area contributed by atoms with E-state index in [0.717, 1.165) is 0 Å². The van der Waals surface area contributed by atoms with Crippen molar-refractivity contribution >= 4 is 31.3 Å². The third-order valence-corrected chi connectivity index (χ3v) is 3.95. The molecule has 0 aliphatic heterocycles. The Morgan fingerprint density at radius 1 is 1.44 bits per heavy atom. The van der Waals surface area contributed by atoms with Crippen LogP contribution >= 0.6 is 22.3 Å². The molecule has 0 amide bonds. The lowest BCUT2D eigenvalue weighted by molar-refractivity contribution is 0.373. The smallest absolute Gasteiger partial charge is 0.266 e. The van der Waals surface area contributed by atoms with Crippen LogP contribution in [0.4, 0.5) is 0 Å². The first-order valence-corrected chi connectivity index (χ1v) is 7.24. The number of nitrogens with zero attached hydrogens (tertiary/aromatic N) is 3. The lowest BCUT2D eigenvalue weighted by Crippen LogP contribution is -2.19. The highest BCUT2D eigenvalue weighted by molar-refractivity contribution is 8.13. The van der Waals surface area contributed by atoms with Crippen LogP contribution in [0.15, 0.2) is 4.90 Å². The third kappa shape index (κ3) is 3.10. The molecule has 5 nitrogen and oxygen atoms in total. The molecule has 16 heavy (non-hydrogen) atoms. The average Bonchev–Trinajstić information content (AvgIpc) is 2.36. The molecule has 0 unspecified atom stereocenters. The van der Waals surface area contributed by atoms with Crippen LogP contribution in [-0.2, 0) is 15.6 Å². The minimum absolute atomic E-state index is 0.0642. The highest BCUT2D eigenvalue weighted by Crippen LogP contribution is 2.27. The molecule has 0 bridgehead atoms. The molecule has 0 atom stereocenters. The highest BCUT2D eigenvalue weighted by Gasteiger charge is 2.23. The number of rotatable bonds is 4. The highest BCUT2D eigenvalue weighted by atomic mass is 35.7. The second kappa shape index (κ2) is 4.91. The van der Waals surface area contributed by atoms with Gasteiger partial charge in [0.1, 0.15) is 10.0 Å². The van der Waals surface area contributed by atoms with Gasteiger partial charge in [-0.15, -0.1) is 0 Å². The zero-order valence-corrected chi connectivity index (χ0v) is 11.6. The predicted molar refractivity (Wildman–Crippen MR) is 63.6 cm³/mol. The van der Waals surface area contributed by atoms with Crippen molar-refractivity contribution in [3.63, 3.8) is 0 Å². The molecular weight excluding hydrogens is 273 g/mol. The second-order valence-corrected chi connectivity index (χ2v) is 6.53. The first kappa shape index (κ1) is 13.8. The lowest BCUT2D eigenvalue weighted by Gasteiger charge is -2.09. The Morgan fingerprint density at radius 3 is 2.38 bits per heavy atom. The molecule has 92 valence electrons. The number of aromatic nitrogens is 2. The summed E-state index contributed by atoms with van der Waals surface area (Å²) in [4.78, 5) is 1.84. The van der Waals surface area contributed by atoms with Gasteiger partial charge in [0.15, 0.2) is 0 Å². The maximum Gasteiger partial charge on any atom is 0.266 e. The molecule has 1 rings (SSSR count). The quantitative estimate of drug-likeness (QED) is 0.784. The number of likely N-dealkylation sites (N-methyl/N-ethyl adjacent to an activating group) is 1. The van der Waals surface area contributed by atoms with Crippen LogP contribution in [0.3, 0.4) is 0 Å². The van der Waals surface area contributed by atoms with Gasteiger partial charge in [-0.3, -0.25) is 4.68 Å². The maximum atomic E-state index is 11.2. The number of halogens is 2. The molecule has 0 N–H and O–H groups in total. The van der Waals surface area contributed by atoms with Gasteiger partial charge in [-0.2, -0.15) is 5.10 Å². The fourth-order valence-corrected chi connectivity index (χ4v) is 3.19. The summed E-state index contributed by atoms with van der Waals surface area (Å²) in [5.41, 5.74) is 0.318. The van der Waals surface area contributed by atoms with Crippen molar-refractivity contribution in [2.75, 3.05) is 20.6 Å². The predicted octanol–water partition coefficient (Wildman–Crippen LogP) is 1.33. The average molecular weight is 286 g/mol. The zero-order valence-electron chi connectivity index (χ0n) is 9.24. The van der Waals surface area contributed by atoms with E-state index in [1.807, 2.05) is 19.0 Å². The third-order valence-electron chi connectivity index (χ3n) is 2.02. The summed E-state index contributed by atoms with van der Waals surface area (Å²) in [6.07, 6.45) is 0. The molecule has 1 aromatic rings. The molecule has 1 heterocycles. The summed E-state index contributed by atoms with van der Waals surface area (Å²) in [6.45, 7) is 2.79. The van der Waals surface area contributed by atoms with Gasteiger partial charge in [-0.1, -0.05) is 11.6 Å².